The van der Waals surface area contributed by atoms with Gasteiger partial charge in [0.2, 0.25) is 5.91 Å². The van der Waals surface area contributed by atoms with Crippen molar-refractivity contribution in [3.63, 3.8) is 0 Å². The molecule has 3 heterocycles. The van der Waals surface area contributed by atoms with E-state index < -0.39 is 18.0 Å². The van der Waals surface area contributed by atoms with Gasteiger partial charge in [0.1, 0.15) is 11.5 Å². The quantitative estimate of drug-likeness (QED) is 0.605. The maximum atomic E-state index is 12.3. The first-order chi connectivity index (χ1) is 11.2. The Morgan fingerprint density at radius 1 is 1.42 bits per heavy atom. The third-order valence-electron chi connectivity index (χ3n) is 5.19. The number of amides is 1. The zero-order valence-electron chi connectivity index (χ0n) is 13.9. The van der Waals surface area contributed by atoms with Crippen LogP contribution in [0.1, 0.15) is 27.2 Å². The summed E-state index contributed by atoms with van der Waals surface area (Å²) in [5.74, 6) is -2.02. The third kappa shape index (κ3) is 2.57. The predicted molar refractivity (Wildman–Crippen MR) is 88.1 cm³/mol. The minimum Gasteiger partial charge on any atom is -0.477 e. The van der Waals surface area contributed by atoms with Crippen molar-refractivity contribution in [1.82, 2.24) is 10.2 Å². The van der Waals surface area contributed by atoms with Gasteiger partial charge in [0, 0.05) is 22.6 Å². The number of fused-ring (bicyclic) bond motifs is 1. The van der Waals surface area contributed by atoms with Gasteiger partial charge in [-0.15, -0.1) is 11.8 Å². The third-order valence-corrected chi connectivity index (χ3v) is 6.70. The lowest BCUT2D eigenvalue weighted by Gasteiger charge is -2.46. The lowest BCUT2D eigenvalue weighted by molar-refractivity contribution is -0.163. The van der Waals surface area contributed by atoms with Crippen molar-refractivity contribution in [2.75, 3.05) is 6.54 Å². The van der Waals surface area contributed by atoms with Crippen molar-refractivity contribution in [2.45, 2.75) is 50.6 Å². The minimum absolute atomic E-state index is 0.0469. The summed E-state index contributed by atoms with van der Waals surface area (Å²) in [7, 11) is 0. The van der Waals surface area contributed by atoms with E-state index in [9.17, 15) is 24.6 Å². The number of carboxylic acids is 1. The molecule has 0 unspecified atom stereocenters. The molecule has 0 radical (unpaired) electrons. The van der Waals surface area contributed by atoms with Crippen molar-refractivity contribution >= 4 is 29.4 Å². The number of nitrogens with one attached hydrogen (secondary N) is 1. The van der Waals surface area contributed by atoms with E-state index in [4.69, 9.17) is 0 Å². The number of carboxylic acid groups (broad SMARTS) is 1. The highest BCUT2D eigenvalue weighted by molar-refractivity contribution is 8.03. The van der Waals surface area contributed by atoms with Gasteiger partial charge in [-0.3, -0.25) is 9.59 Å². The van der Waals surface area contributed by atoms with E-state index in [0.717, 1.165) is 0 Å². The first kappa shape index (κ1) is 17.4. The molecule has 3 aliphatic heterocycles. The molecule has 2 saturated heterocycles. The lowest BCUT2D eigenvalue weighted by Crippen LogP contribution is -2.63. The van der Waals surface area contributed by atoms with Crippen molar-refractivity contribution < 1.29 is 24.6 Å². The van der Waals surface area contributed by atoms with Crippen molar-refractivity contribution in [3.8, 4) is 0 Å². The van der Waals surface area contributed by atoms with Crippen LogP contribution in [0.15, 0.2) is 10.6 Å². The Bertz CT molecular complexity index is 632. The number of Topliss-reactive ketones (excluding diaryl/α,β-unsaturated/α-hetero) is 1. The lowest BCUT2D eigenvalue weighted by atomic mass is 9.79. The number of thioether (sulfide) groups is 1. The van der Waals surface area contributed by atoms with Crippen molar-refractivity contribution in [3.05, 3.63) is 10.6 Å². The van der Waals surface area contributed by atoms with E-state index in [1.165, 1.54) is 16.7 Å². The number of carbonyl (C=O) groups excluding carboxylic acids is 2. The molecule has 0 spiro atoms. The molecule has 0 aromatic rings. The van der Waals surface area contributed by atoms with Crippen LogP contribution in [0.25, 0.3) is 0 Å². The Morgan fingerprint density at radius 3 is 2.58 bits per heavy atom. The van der Waals surface area contributed by atoms with Crippen LogP contribution >= 0.6 is 11.8 Å². The number of β-lactam (4-membered cyclic amide) rings is 1. The Kier molecular flexibility index (Phi) is 4.48. The zero-order valence-corrected chi connectivity index (χ0v) is 14.7. The van der Waals surface area contributed by atoms with E-state index >= 15 is 0 Å². The van der Waals surface area contributed by atoms with Gasteiger partial charge in [0.25, 0.3) is 0 Å². The maximum absolute atomic E-state index is 12.3. The molecule has 0 bridgehead atoms. The number of rotatable bonds is 5. The van der Waals surface area contributed by atoms with Gasteiger partial charge in [-0.2, -0.15) is 0 Å². The highest BCUT2D eigenvalue weighted by atomic mass is 32.2. The molecule has 0 aromatic carbocycles. The smallest absolute Gasteiger partial charge is 0.353 e. The number of aliphatic carboxylic acids is 1. The van der Waals surface area contributed by atoms with Crippen LogP contribution in [0.4, 0.5) is 0 Å². The number of hydrogen-bond donors (Lipinski definition) is 3. The molecule has 2 fully saturated rings. The van der Waals surface area contributed by atoms with Gasteiger partial charge < -0.3 is 20.4 Å². The molecular weight excluding hydrogens is 332 g/mol. The number of hydrogen-bond acceptors (Lipinski definition) is 6. The summed E-state index contributed by atoms with van der Waals surface area (Å²) in [5.41, 5.74) is 0.0469. The molecule has 3 aliphatic rings. The fraction of sp³-hybridized carbons (Fsp3) is 0.688. The normalized spacial score (nSPS) is 36.6. The second-order valence-electron chi connectivity index (χ2n) is 6.82. The van der Waals surface area contributed by atoms with Gasteiger partial charge in [0.05, 0.1) is 24.1 Å². The average molecular weight is 354 g/mol. The minimum atomic E-state index is -1.11. The number of carbonyl (C=O) groups is 3. The van der Waals surface area contributed by atoms with E-state index in [1.54, 1.807) is 13.8 Å². The fourth-order valence-corrected chi connectivity index (χ4v) is 5.44. The first-order valence-corrected chi connectivity index (χ1v) is 9.01. The number of nitrogens with zero attached hydrogens (tertiary/aromatic N) is 1. The van der Waals surface area contributed by atoms with Crippen LogP contribution in [0.3, 0.4) is 0 Å². The Labute approximate surface area is 144 Å². The summed E-state index contributed by atoms with van der Waals surface area (Å²) < 4.78 is 0. The van der Waals surface area contributed by atoms with E-state index in [-0.39, 0.29) is 40.6 Å². The van der Waals surface area contributed by atoms with Gasteiger partial charge in [-0.05, 0) is 20.3 Å². The molecule has 0 aromatic heterocycles. The van der Waals surface area contributed by atoms with Crippen LogP contribution in [-0.2, 0) is 14.4 Å². The molecule has 3 rings (SSSR count). The predicted octanol–water partition coefficient (Wildman–Crippen LogP) is 0.193. The summed E-state index contributed by atoms with van der Waals surface area (Å²) in [6.45, 7) is 5.65. The summed E-state index contributed by atoms with van der Waals surface area (Å²) >= 11 is 1.45. The molecule has 3 N–H and O–H groups in total. The van der Waals surface area contributed by atoms with Gasteiger partial charge in [-0.1, -0.05) is 6.92 Å². The maximum Gasteiger partial charge on any atom is 0.353 e. The summed E-state index contributed by atoms with van der Waals surface area (Å²) in [5, 5.41) is 22.7. The molecule has 132 valence electrons. The zero-order chi connectivity index (χ0) is 17.8. The van der Waals surface area contributed by atoms with Gasteiger partial charge in [-0.25, -0.2) is 4.79 Å². The highest BCUT2D eigenvalue weighted by Gasteiger charge is 2.60. The molecule has 0 aliphatic carbocycles. The Morgan fingerprint density at radius 2 is 2.08 bits per heavy atom. The molecule has 8 heteroatoms. The van der Waals surface area contributed by atoms with Gasteiger partial charge in [0.15, 0.2) is 0 Å². The van der Waals surface area contributed by atoms with Gasteiger partial charge >= 0.3 is 5.97 Å². The second-order valence-corrected chi connectivity index (χ2v) is 8.16. The number of ketones is 1. The monoisotopic (exact) mass is 354 g/mol. The van der Waals surface area contributed by atoms with Crippen molar-refractivity contribution in [1.29, 1.82) is 0 Å². The summed E-state index contributed by atoms with van der Waals surface area (Å²) in [4.78, 5) is 37.5. The Hall–Kier alpha value is -1.38. The fourth-order valence-electron chi connectivity index (χ4n) is 3.96. The molecular formula is C16H22N2O5S. The highest BCUT2D eigenvalue weighted by Crippen LogP contribution is 2.51. The topological polar surface area (TPSA) is 107 Å². The largest absolute Gasteiger partial charge is 0.477 e. The number of aliphatic hydroxyl groups is 1. The van der Waals surface area contributed by atoms with E-state index in [0.29, 0.717) is 17.9 Å². The number of aliphatic hydroxyl groups excluding tert-OH is 1. The molecule has 1 amide bonds. The second kappa shape index (κ2) is 6.16. The van der Waals surface area contributed by atoms with Crippen molar-refractivity contribution in [2.24, 2.45) is 11.8 Å². The molecule has 0 saturated carbocycles. The standard InChI is InChI=1S/C16H22N2O5S/c1-6-12-11(8(3)20)15(21)18(12)13(16(22)23)14(6)24-9-4-10(7(2)19)17-5-9/h6,8-12,17,20H,4-5H2,1-3H3,(H,22,23)/t6-,8-,9+,10+,11-,12-/m1/s1. The molecule has 7 nitrogen and oxygen atoms in total. The summed E-state index contributed by atoms with van der Waals surface area (Å²) in [6.07, 6.45) is -0.141. The Balaban J connectivity index is 1.83. The van der Waals surface area contributed by atoms with E-state index in [1.807, 2.05) is 6.92 Å². The van der Waals surface area contributed by atoms with Crippen LogP contribution in [0, 0.1) is 11.8 Å². The summed E-state index contributed by atoms with van der Waals surface area (Å²) in [6, 6.07) is -0.471. The molecule has 6 atom stereocenters. The molecule has 24 heavy (non-hydrogen) atoms. The van der Waals surface area contributed by atoms with Crippen LogP contribution < -0.4 is 5.32 Å². The first-order valence-electron chi connectivity index (χ1n) is 8.13. The van der Waals surface area contributed by atoms with Crippen LogP contribution in [0.2, 0.25) is 0 Å². The SMILES string of the molecule is CC(=O)[C@@H]1C[C@H](SC2=C(C(=O)O)N3C(=O)[C@H]([C@@H](C)O)[C@H]3[C@H]2C)CN1. The van der Waals surface area contributed by atoms with E-state index in [2.05, 4.69) is 5.32 Å². The van der Waals surface area contributed by atoms with Crippen LogP contribution in [-0.4, -0.2) is 62.8 Å². The average Bonchev–Trinajstić information content (AvgIpc) is 3.03. The van der Waals surface area contributed by atoms with Crippen LogP contribution in [0.5, 0.6) is 0 Å².